The smallest absolute Gasteiger partial charge is 0.383 e. The summed E-state index contributed by atoms with van der Waals surface area (Å²) in [5, 5.41) is 9.34. The summed E-state index contributed by atoms with van der Waals surface area (Å²) in [5.74, 6) is -11.7. The van der Waals surface area contributed by atoms with Crippen molar-refractivity contribution in [3.05, 3.63) is 34.1 Å². The molecule has 0 aromatic heterocycles. The van der Waals surface area contributed by atoms with E-state index in [0.717, 1.165) is 6.92 Å². The van der Waals surface area contributed by atoms with E-state index in [1.54, 1.807) is 0 Å². The van der Waals surface area contributed by atoms with Crippen molar-refractivity contribution in [3.8, 4) is 0 Å². The molecule has 3 unspecified atom stereocenters. The van der Waals surface area contributed by atoms with Crippen molar-refractivity contribution >= 4 is 0 Å². The zero-order valence-electron chi connectivity index (χ0n) is 14.3. The van der Waals surface area contributed by atoms with E-state index >= 15 is 0 Å². The Morgan fingerprint density at radius 2 is 1.24 bits per heavy atom. The Bertz CT molecular complexity index is 735. The summed E-state index contributed by atoms with van der Waals surface area (Å²) in [5.41, 5.74) is -8.44. The summed E-state index contributed by atoms with van der Waals surface area (Å²) < 4.78 is 163. The molecule has 0 aliphatic carbocycles. The molecule has 1 aromatic carbocycles. The molecule has 0 aliphatic heterocycles. The Labute approximate surface area is 155 Å². The third-order valence-corrected chi connectivity index (χ3v) is 4.06. The van der Waals surface area contributed by atoms with E-state index in [0.29, 0.717) is 7.11 Å². The molecule has 1 aromatic rings. The van der Waals surface area contributed by atoms with Crippen molar-refractivity contribution in [1.29, 1.82) is 0 Å². The number of aliphatic hydroxyl groups is 1. The Kier molecular flexibility index (Phi) is 7.17. The fourth-order valence-corrected chi connectivity index (χ4v) is 2.82. The lowest BCUT2D eigenvalue weighted by Gasteiger charge is -2.32. The maximum absolute atomic E-state index is 14.3. The number of ether oxygens (including phenoxy) is 1. The van der Waals surface area contributed by atoms with Gasteiger partial charge in [-0.2, -0.15) is 39.5 Å². The lowest BCUT2D eigenvalue weighted by Crippen LogP contribution is -2.40. The number of methoxy groups -OCH3 is 1. The largest absolute Gasteiger partial charge is 0.422 e. The van der Waals surface area contributed by atoms with Gasteiger partial charge in [-0.1, -0.05) is 6.92 Å². The average molecular weight is 452 g/mol. The van der Waals surface area contributed by atoms with Crippen LogP contribution in [0.5, 0.6) is 0 Å². The maximum Gasteiger partial charge on any atom is 0.422 e. The van der Waals surface area contributed by atoms with Crippen molar-refractivity contribution in [2.75, 3.05) is 7.11 Å². The van der Waals surface area contributed by atoms with Crippen LogP contribution >= 0.6 is 0 Å². The van der Waals surface area contributed by atoms with Crippen LogP contribution in [0.25, 0.3) is 0 Å². The Morgan fingerprint density at radius 3 is 1.55 bits per heavy atom. The number of aliphatic hydroxyl groups excluding tert-OH is 1. The molecule has 14 heteroatoms. The average Bonchev–Trinajstić information content (AvgIpc) is 2.52. The van der Waals surface area contributed by atoms with E-state index in [9.17, 15) is 57.8 Å². The molecule has 0 heterocycles. The van der Waals surface area contributed by atoms with E-state index in [2.05, 4.69) is 4.74 Å². The van der Waals surface area contributed by atoms with Gasteiger partial charge in [0.25, 0.3) is 0 Å². The van der Waals surface area contributed by atoms with Gasteiger partial charge in [0, 0.05) is 18.6 Å². The van der Waals surface area contributed by atoms with Gasteiger partial charge in [-0.05, 0) is 6.42 Å². The molecule has 0 radical (unpaired) electrons. The summed E-state index contributed by atoms with van der Waals surface area (Å²) in [6.07, 6.45) is -24.7. The molecule has 0 aliphatic rings. The standard InChI is InChI=1S/C15H12F12O2/c1-3-4(12(28)15(25,26)27)11(29-2)5-6(13(19,20)21)9(17)7(14(22,23)24)10(18)8(5)16/h4,11-12,28H,3H2,1-2H3. The van der Waals surface area contributed by atoms with Crippen molar-refractivity contribution in [1.82, 2.24) is 0 Å². The molecule has 0 saturated carbocycles. The van der Waals surface area contributed by atoms with E-state index < -0.39 is 77.2 Å². The van der Waals surface area contributed by atoms with Crippen LogP contribution in [0.1, 0.15) is 36.1 Å². The Balaban J connectivity index is 3.99. The summed E-state index contributed by atoms with van der Waals surface area (Å²) in [7, 11) is 0.434. The van der Waals surface area contributed by atoms with Gasteiger partial charge < -0.3 is 9.84 Å². The van der Waals surface area contributed by atoms with Crippen LogP contribution in [0.3, 0.4) is 0 Å². The highest BCUT2D eigenvalue weighted by Crippen LogP contribution is 2.48. The molecule has 0 fully saturated rings. The van der Waals surface area contributed by atoms with Crippen molar-refractivity contribution in [3.63, 3.8) is 0 Å². The first-order chi connectivity index (χ1) is 12.9. The fraction of sp³-hybridized carbons (Fsp3) is 0.600. The van der Waals surface area contributed by atoms with Gasteiger partial charge in [-0.15, -0.1) is 0 Å². The minimum Gasteiger partial charge on any atom is -0.383 e. The highest BCUT2D eigenvalue weighted by molar-refractivity contribution is 5.41. The first-order valence-electron chi connectivity index (χ1n) is 7.53. The number of rotatable bonds is 5. The Morgan fingerprint density at radius 1 is 0.793 bits per heavy atom. The minimum absolute atomic E-state index is 0.434. The second-order valence-electron chi connectivity index (χ2n) is 5.82. The van der Waals surface area contributed by atoms with Gasteiger partial charge in [0.15, 0.2) is 23.6 Å². The van der Waals surface area contributed by atoms with Gasteiger partial charge in [-0.3, -0.25) is 0 Å². The molecular weight excluding hydrogens is 440 g/mol. The molecule has 0 amide bonds. The van der Waals surface area contributed by atoms with E-state index in [1.807, 2.05) is 0 Å². The summed E-state index contributed by atoms with van der Waals surface area (Å²) in [4.78, 5) is 0. The summed E-state index contributed by atoms with van der Waals surface area (Å²) in [6, 6.07) is 0. The first kappa shape index (κ1) is 25.3. The first-order valence-corrected chi connectivity index (χ1v) is 7.53. The van der Waals surface area contributed by atoms with Crippen molar-refractivity contribution in [2.24, 2.45) is 5.92 Å². The van der Waals surface area contributed by atoms with E-state index in [4.69, 9.17) is 0 Å². The van der Waals surface area contributed by atoms with Gasteiger partial charge in [0.1, 0.15) is 11.1 Å². The lowest BCUT2D eigenvalue weighted by molar-refractivity contribution is -0.231. The topological polar surface area (TPSA) is 29.5 Å². The number of hydrogen-bond acceptors (Lipinski definition) is 2. The number of alkyl halides is 9. The normalized spacial score (nSPS) is 16.7. The number of hydrogen-bond donors (Lipinski definition) is 1. The molecule has 3 atom stereocenters. The fourth-order valence-electron chi connectivity index (χ4n) is 2.82. The van der Waals surface area contributed by atoms with Crippen LogP contribution < -0.4 is 0 Å². The monoisotopic (exact) mass is 452 g/mol. The molecular formula is C15H12F12O2. The SMILES string of the molecule is CCC(C(OC)c1c(F)c(F)c(C(F)(F)F)c(F)c1C(F)(F)F)C(O)C(F)(F)F. The number of halogens is 12. The quantitative estimate of drug-likeness (QED) is 0.454. The van der Waals surface area contributed by atoms with Crippen molar-refractivity contribution in [2.45, 2.75) is 44.1 Å². The minimum atomic E-state index is -6.09. The lowest BCUT2D eigenvalue weighted by atomic mass is 9.84. The highest BCUT2D eigenvalue weighted by atomic mass is 19.4. The van der Waals surface area contributed by atoms with Gasteiger partial charge in [0.2, 0.25) is 0 Å². The third kappa shape index (κ3) is 4.90. The molecule has 0 spiro atoms. The Hall–Kier alpha value is -1.70. The van der Waals surface area contributed by atoms with Crippen molar-refractivity contribution < 1.29 is 62.5 Å². The van der Waals surface area contributed by atoms with Crippen LogP contribution in [0, 0.1) is 23.4 Å². The maximum atomic E-state index is 14.3. The predicted molar refractivity (Wildman–Crippen MR) is 71.9 cm³/mol. The van der Waals surface area contributed by atoms with Gasteiger partial charge >= 0.3 is 18.5 Å². The molecule has 1 N–H and O–H groups in total. The zero-order chi connectivity index (χ0) is 23.1. The second kappa shape index (κ2) is 8.20. The van der Waals surface area contributed by atoms with E-state index in [1.165, 1.54) is 0 Å². The molecule has 168 valence electrons. The highest BCUT2D eigenvalue weighted by Gasteiger charge is 2.52. The molecule has 1 rings (SSSR count). The van der Waals surface area contributed by atoms with Gasteiger partial charge in [-0.25, -0.2) is 13.2 Å². The van der Waals surface area contributed by atoms with Crippen LogP contribution in [0.15, 0.2) is 0 Å². The van der Waals surface area contributed by atoms with E-state index in [-0.39, 0.29) is 0 Å². The molecule has 0 saturated heterocycles. The molecule has 29 heavy (non-hydrogen) atoms. The van der Waals surface area contributed by atoms with Crippen LogP contribution in [-0.2, 0) is 17.1 Å². The number of benzene rings is 1. The summed E-state index contributed by atoms with van der Waals surface area (Å²) in [6.45, 7) is 0.896. The molecule has 2 nitrogen and oxygen atoms in total. The zero-order valence-corrected chi connectivity index (χ0v) is 14.3. The second-order valence-corrected chi connectivity index (χ2v) is 5.82. The summed E-state index contributed by atoms with van der Waals surface area (Å²) >= 11 is 0. The third-order valence-electron chi connectivity index (χ3n) is 4.06. The molecule has 0 bridgehead atoms. The predicted octanol–water partition coefficient (Wildman–Crippen LogP) is 5.78. The van der Waals surface area contributed by atoms with Crippen LogP contribution in [-0.4, -0.2) is 24.5 Å². The van der Waals surface area contributed by atoms with Gasteiger partial charge in [0.05, 0.1) is 6.10 Å². The van der Waals surface area contributed by atoms with Crippen LogP contribution in [0.2, 0.25) is 0 Å². The van der Waals surface area contributed by atoms with Crippen LogP contribution in [0.4, 0.5) is 52.7 Å².